The quantitative estimate of drug-likeness (QED) is 0.855. The summed E-state index contributed by atoms with van der Waals surface area (Å²) < 4.78 is 5.52. The molecule has 1 heterocycles. The van der Waals surface area contributed by atoms with E-state index >= 15 is 0 Å². The predicted molar refractivity (Wildman–Crippen MR) is 65.8 cm³/mol. The molecule has 0 unspecified atom stereocenters. The van der Waals surface area contributed by atoms with Crippen LogP contribution in [-0.2, 0) is 6.61 Å². The van der Waals surface area contributed by atoms with E-state index in [2.05, 4.69) is 4.98 Å². The predicted octanol–water partition coefficient (Wildman–Crippen LogP) is 1.82. The fourth-order valence-electron chi connectivity index (χ4n) is 1.45. The van der Waals surface area contributed by atoms with Crippen molar-refractivity contribution in [2.75, 3.05) is 5.73 Å². The summed E-state index contributed by atoms with van der Waals surface area (Å²) in [7, 11) is 0. The number of nitrogens with zero attached hydrogens (tertiary/aromatic N) is 2. The van der Waals surface area contributed by atoms with E-state index in [0.717, 1.165) is 0 Å². The standard InChI is InChI=1S/C13H11N3O2/c14-7-11-10(15)5-6-13(16-11)18-12-4-2-1-3-9(12)8-17/h1-6,17H,8,15H2. The molecule has 5 heteroatoms. The van der Waals surface area contributed by atoms with Crippen LogP contribution in [0.2, 0.25) is 0 Å². The number of benzene rings is 1. The van der Waals surface area contributed by atoms with E-state index in [1.807, 2.05) is 6.07 Å². The first-order valence-corrected chi connectivity index (χ1v) is 5.28. The largest absolute Gasteiger partial charge is 0.439 e. The highest BCUT2D eigenvalue weighted by atomic mass is 16.5. The summed E-state index contributed by atoms with van der Waals surface area (Å²) in [6.07, 6.45) is 0. The number of nitrogens with two attached hydrogens (primary N) is 1. The smallest absolute Gasteiger partial charge is 0.220 e. The summed E-state index contributed by atoms with van der Waals surface area (Å²) >= 11 is 0. The number of nitriles is 1. The van der Waals surface area contributed by atoms with Gasteiger partial charge in [0.15, 0.2) is 5.69 Å². The number of aliphatic hydroxyl groups is 1. The first-order valence-electron chi connectivity index (χ1n) is 5.28. The molecule has 0 radical (unpaired) electrons. The number of hydrogen-bond acceptors (Lipinski definition) is 5. The van der Waals surface area contributed by atoms with Gasteiger partial charge in [-0.25, -0.2) is 4.98 Å². The van der Waals surface area contributed by atoms with Gasteiger partial charge in [0, 0.05) is 11.6 Å². The average molecular weight is 241 g/mol. The Kier molecular flexibility index (Phi) is 3.41. The molecule has 90 valence electrons. The average Bonchev–Trinajstić information content (AvgIpc) is 2.41. The summed E-state index contributed by atoms with van der Waals surface area (Å²) in [5.74, 6) is 0.766. The number of ether oxygens (including phenoxy) is 1. The van der Waals surface area contributed by atoms with Gasteiger partial charge in [-0.3, -0.25) is 0 Å². The molecule has 3 N–H and O–H groups in total. The number of aliphatic hydroxyl groups excluding tert-OH is 1. The number of para-hydroxylation sites is 1. The molecule has 0 bridgehead atoms. The third kappa shape index (κ3) is 2.39. The van der Waals surface area contributed by atoms with Gasteiger partial charge in [0.1, 0.15) is 11.8 Å². The second-order valence-corrected chi connectivity index (χ2v) is 3.57. The number of rotatable bonds is 3. The van der Waals surface area contributed by atoms with Crippen LogP contribution in [-0.4, -0.2) is 10.1 Å². The zero-order valence-corrected chi connectivity index (χ0v) is 9.50. The first-order chi connectivity index (χ1) is 8.74. The molecule has 18 heavy (non-hydrogen) atoms. The van der Waals surface area contributed by atoms with E-state index in [9.17, 15) is 0 Å². The zero-order chi connectivity index (χ0) is 13.0. The van der Waals surface area contributed by atoms with Crippen LogP contribution in [0.3, 0.4) is 0 Å². The van der Waals surface area contributed by atoms with Gasteiger partial charge in [-0.05, 0) is 12.1 Å². The Hall–Kier alpha value is -2.58. The summed E-state index contributed by atoms with van der Waals surface area (Å²) in [4.78, 5) is 3.97. The molecular formula is C13H11N3O2. The maximum atomic E-state index is 9.17. The van der Waals surface area contributed by atoms with Gasteiger partial charge in [0.2, 0.25) is 5.88 Å². The van der Waals surface area contributed by atoms with Crippen LogP contribution in [0.15, 0.2) is 36.4 Å². The molecule has 0 aliphatic carbocycles. The number of hydrogen-bond donors (Lipinski definition) is 2. The molecule has 0 spiro atoms. The molecule has 0 amide bonds. The van der Waals surface area contributed by atoms with Crippen LogP contribution in [0.4, 0.5) is 5.69 Å². The summed E-state index contributed by atoms with van der Waals surface area (Å²) in [5, 5.41) is 18.0. The van der Waals surface area contributed by atoms with Crippen LogP contribution in [0.1, 0.15) is 11.3 Å². The molecule has 5 nitrogen and oxygen atoms in total. The molecule has 0 aliphatic rings. The highest BCUT2D eigenvalue weighted by Crippen LogP contribution is 2.25. The maximum Gasteiger partial charge on any atom is 0.220 e. The summed E-state index contributed by atoms with van der Waals surface area (Å²) in [6.45, 7) is -0.129. The van der Waals surface area contributed by atoms with Crippen molar-refractivity contribution in [2.45, 2.75) is 6.61 Å². The van der Waals surface area contributed by atoms with Gasteiger partial charge < -0.3 is 15.6 Å². The SMILES string of the molecule is N#Cc1nc(Oc2ccccc2CO)ccc1N. The molecule has 0 fully saturated rings. The second-order valence-electron chi connectivity index (χ2n) is 3.57. The lowest BCUT2D eigenvalue weighted by Gasteiger charge is -2.09. The Balaban J connectivity index is 2.32. The first kappa shape index (κ1) is 11.9. The molecule has 2 rings (SSSR count). The van der Waals surface area contributed by atoms with E-state index in [0.29, 0.717) is 17.0 Å². The Morgan fingerprint density at radius 2 is 2.06 bits per heavy atom. The van der Waals surface area contributed by atoms with E-state index in [-0.39, 0.29) is 18.2 Å². The fourth-order valence-corrected chi connectivity index (χ4v) is 1.45. The molecule has 0 saturated heterocycles. The topological polar surface area (TPSA) is 92.2 Å². The van der Waals surface area contributed by atoms with Crippen molar-refractivity contribution in [3.8, 4) is 17.7 Å². The summed E-state index contributed by atoms with van der Waals surface area (Å²) in [6, 6.07) is 12.1. The van der Waals surface area contributed by atoms with Crippen molar-refractivity contribution in [2.24, 2.45) is 0 Å². The van der Waals surface area contributed by atoms with Crippen molar-refractivity contribution in [1.29, 1.82) is 5.26 Å². The van der Waals surface area contributed by atoms with E-state index in [4.69, 9.17) is 20.8 Å². The molecule has 0 saturated carbocycles. The van der Waals surface area contributed by atoms with Gasteiger partial charge in [-0.1, -0.05) is 18.2 Å². The number of anilines is 1. The lowest BCUT2D eigenvalue weighted by molar-refractivity contribution is 0.276. The molecular weight excluding hydrogens is 230 g/mol. The minimum absolute atomic E-state index is 0.119. The fraction of sp³-hybridized carbons (Fsp3) is 0.0769. The summed E-state index contributed by atoms with van der Waals surface area (Å²) in [5.41, 5.74) is 6.64. The monoisotopic (exact) mass is 241 g/mol. The molecule has 1 aromatic heterocycles. The normalized spacial score (nSPS) is 9.78. The van der Waals surface area contributed by atoms with E-state index < -0.39 is 0 Å². The van der Waals surface area contributed by atoms with Gasteiger partial charge >= 0.3 is 0 Å². The van der Waals surface area contributed by atoms with Gasteiger partial charge in [0.25, 0.3) is 0 Å². The number of pyridine rings is 1. The van der Waals surface area contributed by atoms with Crippen molar-refractivity contribution in [3.05, 3.63) is 47.7 Å². The molecule has 0 atom stereocenters. The lowest BCUT2D eigenvalue weighted by atomic mass is 10.2. The van der Waals surface area contributed by atoms with Crippen LogP contribution in [0.25, 0.3) is 0 Å². The van der Waals surface area contributed by atoms with Crippen LogP contribution in [0, 0.1) is 11.3 Å². The van der Waals surface area contributed by atoms with Crippen molar-refractivity contribution in [3.63, 3.8) is 0 Å². The number of nitrogen functional groups attached to an aromatic ring is 1. The van der Waals surface area contributed by atoms with Crippen LogP contribution < -0.4 is 10.5 Å². The van der Waals surface area contributed by atoms with Crippen molar-refractivity contribution in [1.82, 2.24) is 4.98 Å². The Labute approximate surface area is 104 Å². The van der Waals surface area contributed by atoms with E-state index in [1.54, 1.807) is 36.4 Å². The Morgan fingerprint density at radius 3 is 2.78 bits per heavy atom. The minimum Gasteiger partial charge on any atom is -0.439 e. The third-order valence-corrected chi connectivity index (χ3v) is 2.36. The molecule has 1 aromatic carbocycles. The van der Waals surface area contributed by atoms with Gasteiger partial charge in [-0.2, -0.15) is 5.26 Å². The van der Waals surface area contributed by atoms with Crippen LogP contribution >= 0.6 is 0 Å². The van der Waals surface area contributed by atoms with Crippen LogP contribution in [0.5, 0.6) is 11.6 Å². The third-order valence-electron chi connectivity index (χ3n) is 2.36. The van der Waals surface area contributed by atoms with E-state index in [1.165, 1.54) is 0 Å². The van der Waals surface area contributed by atoms with Crippen molar-refractivity contribution >= 4 is 5.69 Å². The second kappa shape index (κ2) is 5.17. The maximum absolute atomic E-state index is 9.17. The highest BCUT2D eigenvalue weighted by Gasteiger charge is 2.06. The number of aromatic nitrogens is 1. The van der Waals surface area contributed by atoms with Gasteiger partial charge in [0.05, 0.1) is 12.3 Å². The molecule has 2 aromatic rings. The zero-order valence-electron chi connectivity index (χ0n) is 9.50. The lowest BCUT2D eigenvalue weighted by Crippen LogP contribution is -1.97. The van der Waals surface area contributed by atoms with Crippen molar-refractivity contribution < 1.29 is 9.84 Å². The Morgan fingerprint density at radius 1 is 1.28 bits per heavy atom. The minimum atomic E-state index is -0.129. The molecule has 0 aliphatic heterocycles. The highest BCUT2D eigenvalue weighted by molar-refractivity contribution is 5.51. The Bertz CT molecular complexity index is 605. The van der Waals surface area contributed by atoms with Gasteiger partial charge in [-0.15, -0.1) is 0 Å².